The van der Waals surface area contributed by atoms with E-state index in [1.54, 1.807) is 6.92 Å². The summed E-state index contributed by atoms with van der Waals surface area (Å²) in [5, 5.41) is 9.71. The molecule has 3 rings (SSSR count). The molecule has 1 atom stereocenters. The molecule has 1 aliphatic carbocycles. The Kier molecular flexibility index (Phi) is 8.24. The van der Waals surface area contributed by atoms with Crippen LogP contribution >= 0.6 is 0 Å². The van der Waals surface area contributed by atoms with Gasteiger partial charge in [-0.2, -0.15) is 29.8 Å². The molecule has 1 N–H and O–H groups in total. The molecule has 1 unspecified atom stereocenters. The molecule has 0 amide bonds. The Morgan fingerprint density at radius 3 is 2.61 bits per heavy atom. The number of hydrogen-bond donors (Lipinski definition) is 1. The Balaban J connectivity index is 0.00000280. The SMILES string of the molecule is CCc1[c-]ccc(-c2c(C3CC3)ccc(C)c2C(OCC(F)F)C(=O)O)c1.[U]. The monoisotopic (exact) mass is 611 g/mol. The number of carboxylic acids is 1. The van der Waals surface area contributed by atoms with Crippen LogP contribution in [-0.2, 0) is 16.0 Å². The molecule has 0 heterocycles. The summed E-state index contributed by atoms with van der Waals surface area (Å²) in [6.45, 7) is 2.92. The molecular formula is C22H23F2O3U-. The number of hydrogen-bond acceptors (Lipinski definition) is 2. The first-order valence-electron chi connectivity index (χ1n) is 9.19. The van der Waals surface area contributed by atoms with Crippen molar-refractivity contribution in [3.8, 4) is 11.1 Å². The molecule has 6 heteroatoms. The van der Waals surface area contributed by atoms with Gasteiger partial charge in [0.1, 0.15) is 6.61 Å². The summed E-state index contributed by atoms with van der Waals surface area (Å²) in [7, 11) is 0. The summed E-state index contributed by atoms with van der Waals surface area (Å²) >= 11 is 0. The van der Waals surface area contributed by atoms with Gasteiger partial charge in [0.25, 0.3) is 6.43 Å². The first kappa shape index (κ1) is 23.1. The Labute approximate surface area is 187 Å². The van der Waals surface area contributed by atoms with E-state index in [1.807, 2.05) is 37.3 Å². The van der Waals surface area contributed by atoms with Gasteiger partial charge in [0.15, 0.2) is 6.10 Å². The van der Waals surface area contributed by atoms with E-state index in [9.17, 15) is 18.7 Å². The van der Waals surface area contributed by atoms with Crippen LogP contribution in [0.15, 0.2) is 30.3 Å². The number of aliphatic carboxylic acids is 1. The van der Waals surface area contributed by atoms with Crippen LogP contribution in [-0.4, -0.2) is 24.1 Å². The minimum absolute atomic E-state index is 0. The van der Waals surface area contributed by atoms with Crippen LogP contribution < -0.4 is 0 Å². The molecule has 0 spiro atoms. The van der Waals surface area contributed by atoms with Crippen LogP contribution in [0.4, 0.5) is 8.78 Å². The summed E-state index contributed by atoms with van der Waals surface area (Å²) in [6, 6.07) is 12.8. The van der Waals surface area contributed by atoms with Gasteiger partial charge in [0, 0.05) is 36.7 Å². The van der Waals surface area contributed by atoms with Crippen molar-refractivity contribution in [2.24, 2.45) is 0 Å². The van der Waals surface area contributed by atoms with Crippen molar-refractivity contribution in [2.45, 2.75) is 51.6 Å². The second kappa shape index (κ2) is 10.0. The molecule has 148 valence electrons. The molecule has 3 nitrogen and oxygen atoms in total. The second-order valence-corrected chi connectivity index (χ2v) is 6.93. The van der Waals surface area contributed by atoms with Crippen LogP contribution in [0.3, 0.4) is 0 Å². The smallest absolute Gasteiger partial charge is 0.337 e. The van der Waals surface area contributed by atoms with E-state index in [0.29, 0.717) is 11.5 Å². The number of rotatable bonds is 8. The molecule has 1 fully saturated rings. The van der Waals surface area contributed by atoms with Gasteiger partial charge in [-0.25, -0.2) is 13.6 Å². The zero-order chi connectivity index (χ0) is 19.6. The van der Waals surface area contributed by atoms with Crippen LogP contribution in [0.1, 0.15) is 54.0 Å². The maximum atomic E-state index is 12.7. The van der Waals surface area contributed by atoms with E-state index in [-0.39, 0.29) is 31.1 Å². The van der Waals surface area contributed by atoms with Crippen LogP contribution in [0.2, 0.25) is 0 Å². The summed E-state index contributed by atoms with van der Waals surface area (Å²) in [5.74, 6) is -0.885. The van der Waals surface area contributed by atoms with E-state index in [0.717, 1.165) is 47.1 Å². The van der Waals surface area contributed by atoms with Crippen molar-refractivity contribution in [3.63, 3.8) is 0 Å². The summed E-state index contributed by atoms with van der Waals surface area (Å²) in [6.07, 6.45) is -1.25. The van der Waals surface area contributed by atoms with E-state index in [1.165, 1.54) is 0 Å². The molecule has 0 aliphatic heterocycles. The fourth-order valence-electron chi connectivity index (χ4n) is 3.46. The Hall–Kier alpha value is -1.22. The van der Waals surface area contributed by atoms with Gasteiger partial charge in [-0.3, -0.25) is 0 Å². The van der Waals surface area contributed by atoms with Crippen molar-refractivity contribution >= 4 is 5.97 Å². The van der Waals surface area contributed by atoms with Crippen molar-refractivity contribution < 1.29 is 54.5 Å². The van der Waals surface area contributed by atoms with Gasteiger partial charge < -0.3 is 9.84 Å². The minimum atomic E-state index is -2.72. The van der Waals surface area contributed by atoms with Crippen LogP contribution in [0.5, 0.6) is 0 Å². The van der Waals surface area contributed by atoms with E-state index in [2.05, 4.69) is 6.07 Å². The number of halogens is 2. The molecular weight excluding hydrogens is 588 g/mol. The summed E-state index contributed by atoms with van der Waals surface area (Å²) in [4.78, 5) is 11.9. The van der Waals surface area contributed by atoms with Crippen LogP contribution in [0, 0.1) is 44.1 Å². The maximum absolute atomic E-state index is 12.7. The summed E-state index contributed by atoms with van der Waals surface area (Å²) < 4.78 is 30.5. The van der Waals surface area contributed by atoms with Gasteiger partial charge >= 0.3 is 5.97 Å². The minimum Gasteiger partial charge on any atom is -0.479 e. The van der Waals surface area contributed by atoms with Gasteiger partial charge in [0.05, 0.1) is 0 Å². The quantitative estimate of drug-likeness (QED) is 0.412. The van der Waals surface area contributed by atoms with Crippen LogP contribution in [0.25, 0.3) is 11.1 Å². The molecule has 0 bridgehead atoms. The number of aryl methyl sites for hydroxylation is 2. The van der Waals surface area contributed by atoms with Gasteiger partial charge in [-0.05, 0) is 42.4 Å². The molecule has 1 aliphatic rings. The van der Waals surface area contributed by atoms with Gasteiger partial charge in [-0.15, -0.1) is 5.56 Å². The van der Waals surface area contributed by atoms with Gasteiger partial charge in [0.2, 0.25) is 0 Å². The Morgan fingerprint density at radius 2 is 2.04 bits per heavy atom. The van der Waals surface area contributed by atoms with E-state index >= 15 is 0 Å². The maximum Gasteiger partial charge on any atom is 0.337 e. The molecule has 0 saturated heterocycles. The third kappa shape index (κ3) is 5.23. The first-order chi connectivity index (χ1) is 12.9. The predicted octanol–water partition coefficient (Wildman–Crippen LogP) is 5.31. The largest absolute Gasteiger partial charge is 0.479 e. The van der Waals surface area contributed by atoms with Crippen molar-refractivity contribution in [3.05, 3.63) is 58.7 Å². The first-order valence-corrected chi connectivity index (χ1v) is 9.19. The summed E-state index contributed by atoms with van der Waals surface area (Å²) in [5.41, 5.74) is 4.97. The molecule has 28 heavy (non-hydrogen) atoms. The number of ether oxygens (including phenoxy) is 1. The second-order valence-electron chi connectivity index (χ2n) is 6.93. The molecule has 0 radical (unpaired) electrons. The fourth-order valence-corrected chi connectivity index (χ4v) is 3.46. The number of benzene rings is 2. The molecule has 0 aromatic heterocycles. The third-order valence-corrected chi connectivity index (χ3v) is 4.92. The number of carboxylic acid groups (broad SMARTS) is 1. The standard InChI is InChI=1S/C22H23F2O3.U/c1-3-14-5-4-6-16(11-14)20-17(15-8-9-15)10-7-13(2)19(20)21(22(25)26)27-12-18(23)24;/h4,6-7,10-11,15,18,21H,3,8-9,12H2,1-2H3,(H,25,26);/q-1;. The molecule has 1 saturated carbocycles. The third-order valence-electron chi connectivity index (χ3n) is 4.92. The topological polar surface area (TPSA) is 46.5 Å². The molecule has 2 aromatic rings. The average molecular weight is 611 g/mol. The Morgan fingerprint density at radius 1 is 1.32 bits per heavy atom. The molecule has 2 aromatic carbocycles. The van der Waals surface area contributed by atoms with E-state index in [4.69, 9.17) is 4.74 Å². The van der Waals surface area contributed by atoms with Crippen molar-refractivity contribution in [1.29, 1.82) is 0 Å². The zero-order valence-corrected chi connectivity index (χ0v) is 20.1. The van der Waals surface area contributed by atoms with Gasteiger partial charge in [-0.1, -0.05) is 25.5 Å². The number of alkyl halides is 2. The van der Waals surface area contributed by atoms with Crippen molar-refractivity contribution in [1.82, 2.24) is 0 Å². The zero-order valence-electron chi connectivity index (χ0n) is 16.0. The Bertz CT molecular complexity index is 835. The average Bonchev–Trinajstić information content (AvgIpc) is 3.47. The predicted molar refractivity (Wildman–Crippen MR) is 99.1 cm³/mol. The fraction of sp³-hybridized carbons (Fsp3) is 0.409. The van der Waals surface area contributed by atoms with Crippen molar-refractivity contribution in [2.75, 3.05) is 6.61 Å². The number of carbonyl (C=O) groups is 1. The van der Waals surface area contributed by atoms with E-state index < -0.39 is 25.1 Å². The normalized spacial score (nSPS) is 14.6.